The molecule has 0 aromatic heterocycles. The molecular formula is C29H30O9. The number of methoxy groups -OCH3 is 3. The number of Topliss-reactive ketones (excluding diaryl/α,β-unsaturated/α-hetero) is 1. The highest BCUT2D eigenvalue weighted by Gasteiger charge is 2.35. The van der Waals surface area contributed by atoms with E-state index in [2.05, 4.69) is 0 Å². The molecule has 200 valence electrons. The Labute approximate surface area is 220 Å². The first kappa shape index (κ1) is 27.1. The lowest BCUT2D eigenvalue weighted by atomic mass is 9.76. The minimum atomic E-state index is -0.345. The zero-order chi connectivity index (χ0) is 27.1. The lowest BCUT2D eigenvalue weighted by molar-refractivity contribution is 0.0448. The van der Waals surface area contributed by atoms with Crippen LogP contribution in [-0.4, -0.2) is 58.4 Å². The van der Waals surface area contributed by atoms with Gasteiger partial charge in [-0.25, -0.2) is 0 Å². The maximum atomic E-state index is 13.8. The van der Waals surface area contributed by atoms with Gasteiger partial charge in [0.1, 0.15) is 23.0 Å². The van der Waals surface area contributed by atoms with Gasteiger partial charge in [0, 0.05) is 39.4 Å². The molecule has 1 aliphatic carbocycles. The molecule has 1 aliphatic rings. The molecule has 0 spiro atoms. The summed E-state index contributed by atoms with van der Waals surface area (Å²) < 4.78 is 32.2. The fourth-order valence-corrected chi connectivity index (χ4v) is 4.52. The summed E-state index contributed by atoms with van der Waals surface area (Å²) in [4.78, 5) is 27.4. The number of ether oxygens (including phenoxy) is 6. The van der Waals surface area contributed by atoms with E-state index >= 15 is 0 Å². The minimum absolute atomic E-state index is 0.0379. The van der Waals surface area contributed by atoms with E-state index in [0.29, 0.717) is 28.9 Å². The van der Waals surface area contributed by atoms with E-state index in [0.717, 1.165) is 5.56 Å². The van der Waals surface area contributed by atoms with Crippen LogP contribution in [0.15, 0.2) is 54.6 Å². The first-order chi connectivity index (χ1) is 18.5. The van der Waals surface area contributed by atoms with Gasteiger partial charge in [-0.15, -0.1) is 0 Å². The third-order valence-electron chi connectivity index (χ3n) is 6.24. The molecular weight excluding hydrogens is 492 g/mol. The maximum absolute atomic E-state index is 13.8. The van der Waals surface area contributed by atoms with Crippen LogP contribution in [0, 0.1) is 0 Å². The summed E-state index contributed by atoms with van der Waals surface area (Å²) in [6, 6.07) is 14.9. The Morgan fingerprint density at radius 3 is 2.05 bits per heavy atom. The van der Waals surface area contributed by atoms with E-state index in [1.165, 1.54) is 44.6 Å². The third-order valence-corrected chi connectivity index (χ3v) is 6.24. The lowest BCUT2D eigenvalue weighted by Crippen LogP contribution is -2.24. The van der Waals surface area contributed by atoms with Crippen LogP contribution in [0.2, 0.25) is 0 Å². The molecule has 0 fully saturated rings. The summed E-state index contributed by atoms with van der Waals surface area (Å²) >= 11 is 0. The highest BCUT2D eigenvalue weighted by Crippen LogP contribution is 2.43. The van der Waals surface area contributed by atoms with Crippen molar-refractivity contribution in [2.75, 3.05) is 41.7 Å². The van der Waals surface area contributed by atoms with Crippen LogP contribution in [0.25, 0.3) is 0 Å². The highest BCUT2D eigenvalue weighted by molar-refractivity contribution is 6.15. The van der Waals surface area contributed by atoms with Gasteiger partial charge in [0.05, 0.1) is 11.1 Å². The number of hydrogen-bond acceptors (Lipinski definition) is 9. The second-order valence-electron chi connectivity index (χ2n) is 8.73. The van der Waals surface area contributed by atoms with Crippen LogP contribution in [0.3, 0.4) is 0 Å². The number of rotatable bonds is 12. The van der Waals surface area contributed by atoms with Crippen molar-refractivity contribution >= 4 is 11.6 Å². The van der Waals surface area contributed by atoms with Crippen molar-refractivity contribution in [3.63, 3.8) is 0 Å². The van der Waals surface area contributed by atoms with Crippen LogP contribution in [0.1, 0.15) is 49.7 Å². The summed E-state index contributed by atoms with van der Waals surface area (Å²) in [6.45, 7) is -0.0639. The van der Waals surface area contributed by atoms with Crippen LogP contribution in [0.5, 0.6) is 23.0 Å². The zero-order valence-electron chi connectivity index (χ0n) is 21.5. The van der Waals surface area contributed by atoms with Gasteiger partial charge in [-0.2, -0.15) is 0 Å². The quantitative estimate of drug-likeness (QED) is 0.272. The average molecular weight is 523 g/mol. The van der Waals surface area contributed by atoms with Gasteiger partial charge in [0.25, 0.3) is 0 Å². The van der Waals surface area contributed by atoms with Crippen molar-refractivity contribution in [1.29, 1.82) is 0 Å². The molecule has 0 saturated heterocycles. The standard InChI is InChI=1S/C29H30O9/c1-33-15-36-22-10-6-18(7-11-22)20-12-23-27(24(31)13-20)25(37-16-34-2)14-26(38-17-35-3)28(23)29(32)19-4-8-21(30)9-5-19/h4-11,14,20,30H,12-13,15-17H2,1-3H3. The largest absolute Gasteiger partial charge is 0.508 e. The van der Waals surface area contributed by atoms with E-state index < -0.39 is 0 Å². The topological polar surface area (TPSA) is 110 Å². The van der Waals surface area contributed by atoms with Gasteiger partial charge in [-0.05, 0) is 59.9 Å². The number of carbonyl (C=O) groups is 2. The molecule has 0 aliphatic heterocycles. The number of phenols is 1. The molecule has 0 radical (unpaired) electrons. The average Bonchev–Trinajstić information content (AvgIpc) is 2.93. The first-order valence-electron chi connectivity index (χ1n) is 12.0. The molecule has 1 atom stereocenters. The molecule has 0 amide bonds. The minimum Gasteiger partial charge on any atom is -0.508 e. The zero-order valence-corrected chi connectivity index (χ0v) is 21.5. The second-order valence-corrected chi connectivity index (χ2v) is 8.73. The Kier molecular flexibility index (Phi) is 8.96. The second kappa shape index (κ2) is 12.6. The highest BCUT2D eigenvalue weighted by atomic mass is 16.7. The molecule has 9 nitrogen and oxygen atoms in total. The molecule has 0 heterocycles. The van der Waals surface area contributed by atoms with Gasteiger partial charge in [-0.3, -0.25) is 9.59 Å². The van der Waals surface area contributed by atoms with Crippen LogP contribution in [0.4, 0.5) is 0 Å². The number of benzene rings is 3. The lowest BCUT2D eigenvalue weighted by Gasteiger charge is -2.29. The van der Waals surface area contributed by atoms with Crippen molar-refractivity contribution < 1.29 is 43.1 Å². The van der Waals surface area contributed by atoms with Crippen LogP contribution >= 0.6 is 0 Å². The molecule has 0 bridgehead atoms. The van der Waals surface area contributed by atoms with E-state index in [-0.39, 0.29) is 67.1 Å². The molecule has 3 aromatic carbocycles. The van der Waals surface area contributed by atoms with E-state index in [1.54, 1.807) is 7.11 Å². The number of phenolic OH excluding ortho intramolecular Hbond substituents is 1. The maximum Gasteiger partial charge on any atom is 0.197 e. The molecule has 0 saturated carbocycles. The number of fused-ring (bicyclic) bond motifs is 1. The number of hydrogen-bond donors (Lipinski definition) is 1. The molecule has 1 N–H and O–H groups in total. The smallest absolute Gasteiger partial charge is 0.197 e. The van der Waals surface area contributed by atoms with Gasteiger partial charge in [-0.1, -0.05) is 12.1 Å². The van der Waals surface area contributed by atoms with E-state index in [9.17, 15) is 14.7 Å². The van der Waals surface area contributed by atoms with Crippen molar-refractivity contribution in [2.24, 2.45) is 0 Å². The van der Waals surface area contributed by atoms with Crippen molar-refractivity contribution in [1.82, 2.24) is 0 Å². The summed E-state index contributed by atoms with van der Waals surface area (Å²) in [5.74, 6) is 0.504. The summed E-state index contributed by atoms with van der Waals surface area (Å²) in [6.07, 6.45) is 0.631. The third kappa shape index (κ3) is 5.96. The molecule has 3 aromatic rings. The summed E-state index contributed by atoms with van der Waals surface area (Å²) in [7, 11) is 4.50. The van der Waals surface area contributed by atoms with Crippen LogP contribution < -0.4 is 14.2 Å². The van der Waals surface area contributed by atoms with Crippen molar-refractivity contribution in [2.45, 2.75) is 18.8 Å². The fourth-order valence-electron chi connectivity index (χ4n) is 4.52. The van der Waals surface area contributed by atoms with Gasteiger partial charge >= 0.3 is 0 Å². The van der Waals surface area contributed by atoms with E-state index in [1.807, 2.05) is 24.3 Å². The van der Waals surface area contributed by atoms with E-state index in [4.69, 9.17) is 28.4 Å². The van der Waals surface area contributed by atoms with Crippen LogP contribution in [-0.2, 0) is 20.6 Å². The van der Waals surface area contributed by atoms with Gasteiger partial charge < -0.3 is 33.5 Å². The van der Waals surface area contributed by atoms with Gasteiger partial charge in [0.15, 0.2) is 31.9 Å². The predicted octanol–water partition coefficient (Wildman–Crippen LogP) is 4.48. The SMILES string of the molecule is COCOc1ccc(C2CC(=O)c3c(OCOC)cc(OCOC)c(C(=O)c4ccc(O)cc4)c3C2)cc1. The Hall–Kier alpha value is -3.92. The summed E-state index contributed by atoms with van der Waals surface area (Å²) in [5, 5.41) is 9.71. The normalized spacial score (nSPS) is 14.6. The Morgan fingerprint density at radius 1 is 0.816 bits per heavy atom. The Bertz CT molecular complexity index is 1270. The monoisotopic (exact) mass is 522 g/mol. The predicted molar refractivity (Wildman–Crippen MR) is 137 cm³/mol. The van der Waals surface area contributed by atoms with Gasteiger partial charge in [0.2, 0.25) is 0 Å². The fraction of sp³-hybridized carbons (Fsp3) is 0.310. The van der Waals surface area contributed by atoms with Crippen molar-refractivity contribution in [3.05, 3.63) is 82.4 Å². The molecule has 4 rings (SSSR count). The molecule has 38 heavy (non-hydrogen) atoms. The number of ketones is 2. The number of carbonyl (C=O) groups excluding carboxylic acids is 2. The first-order valence-corrected chi connectivity index (χ1v) is 12.0. The Balaban J connectivity index is 1.82. The number of aromatic hydroxyl groups is 1. The molecule has 1 unspecified atom stereocenters. The Morgan fingerprint density at radius 2 is 1.42 bits per heavy atom. The molecule has 9 heteroatoms. The summed E-state index contributed by atoms with van der Waals surface area (Å²) in [5.41, 5.74) is 2.39. The van der Waals surface area contributed by atoms with Crippen molar-refractivity contribution in [3.8, 4) is 23.0 Å².